The molecule has 0 aliphatic heterocycles. The third-order valence-corrected chi connectivity index (χ3v) is 0. The molecule has 0 aromatic rings. The van der Waals surface area contributed by atoms with Crippen molar-refractivity contribution < 1.29 is 46.5 Å². The summed E-state index contributed by atoms with van der Waals surface area (Å²) in [5, 5.41) is 8.47. The second-order valence-corrected chi connectivity index (χ2v) is 0.274. The molecular weight excluding hydrogens is 175 g/mol. The van der Waals surface area contributed by atoms with Crippen molar-refractivity contribution in [1.29, 1.82) is 5.26 Å². The summed E-state index contributed by atoms with van der Waals surface area (Å²) in [5.41, 5.74) is 0. The van der Waals surface area contributed by atoms with Gasteiger partial charge in [-0.1, -0.05) is 5.40 Å². The molecule has 6 heavy (non-hydrogen) atoms. The Labute approximate surface area is 75.3 Å². The molecule has 0 rings (SSSR count). The van der Waals surface area contributed by atoms with E-state index >= 15 is 0 Å². The normalized spacial score (nSPS) is 1.17. The van der Waals surface area contributed by atoms with Crippen LogP contribution < -0.4 is 52.7 Å². The standard InChI is InChI=1S/CHNS.BrH.H3N.Na/c2-1-3;;;/h3H;1H;1H3;/q;;;+1/p-1. The quantitative estimate of drug-likeness (QED) is 0.229. The predicted octanol–water partition coefficient (Wildman–Crippen LogP) is -5.60. The molecule has 0 atom stereocenters. The summed E-state index contributed by atoms with van der Waals surface area (Å²) in [6, 6.07) is 0. The van der Waals surface area contributed by atoms with E-state index in [-0.39, 0.29) is 52.7 Å². The molecule has 0 aromatic heterocycles. The van der Waals surface area contributed by atoms with Crippen LogP contribution in [0, 0.1) is 10.7 Å². The maximum atomic E-state index is 7.13. The molecule has 0 aromatic carbocycles. The second-order valence-electron chi connectivity index (χ2n) is 0.0913. The van der Waals surface area contributed by atoms with Crippen LogP contribution in [0.4, 0.5) is 0 Å². The van der Waals surface area contributed by atoms with Gasteiger partial charge in [-0.25, -0.2) is 5.26 Å². The molecule has 0 spiro atoms. The number of hydrogen-bond donors (Lipinski definition) is 1. The minimum absolute atomic E-state index is 0. The van der Waals surface area contributed by atoms with E-state index in [1.54, 1.807) is 0 Å². The van der Waals surface area contributed by atoms with Crippen LogP contribution in [0.25, 0.3) is 0 Å². The van der Waals surface area contributed by atoms with E-state index in [9.17, 15) is 0 Å². The summed E-state index contributed by atoms with van der Waals surface area (Å²) in [5.74, 6) is 0. The number of quaternary nitrogens is 1. The van der Waals surface area contributed by atoms with Gasteiger partial charge in [0.2, 0.25) is 0 Å². The average molecular weight is 179 g/mol. The van der Waals surface area contributed by atoms with Crippen LogP contribution in [0.2, 0.25) is 0 Å². The van der Waals surface area contributed by atoms with Crippen LogP contribution in [-0.2, 0) is 12.6 Å². The molecule has 0 unspecified atom stereocenters. The van der Waals surface area contributed by atoms with Gasteiger partial charge < -0.3 is 35.8 Å². The van der Waals surface area contributed by atoms with E-state index in [2.05, 4.69) is 12.6 Å². The van der Waals surface area contributed by atoms with Crippen LogP contribution in [-0.4, -0.2) is 0 Å². The number of thiocyanates is 1. The molecule has 0 fully saturated rings. The Morgan fingerprint density at radius 2 is 1.50 bits per heavy atom. The molecule has 0 bridgehead atoms. The summed E-state index contributed by atoms with van der Waals surface area (Å²) in [7, 11) is 0. The Kier molecular flexibility index (Phi) is 160. The van der Waals surface area contributed by atoms with Crippen LogP contribution >= 0.6 is 0 Å². The van der Waals surface area contributed by atoms with Gasteiger partial charge in [-0.3, -0.25) is 0 Å². The van der Waals surface area contributed by atoms with Crippen molar-refractivity contribution in [2.75, 3.05) is 0 Å². The first-order valence-corrected chi connectivity index (χ1v) is 0.836. The van der Waals surface area contributed by atoms with Gasteiger partial charge in [0.1, 0.15) is 0 Å². The van der Waals surface area contributed by atoms with Crippen molar-refractivity contribution in [1.82, 2.24) is 6.15 Å². The zero-order chi connectivity index (χ0) is 2.71. The molecule has 0 heterocycles. The molecule has 5 heteroatoms. The van der Waals surface area contributed by atoms with Gasteiger partial charge >= 0.3 is 29.6 Å². The van der Waals surface area contributed by atoms with Crippen LogP contribution in [0.5, 0.6) is 0 Å². The molecule has 0 saturated carbocycles. The Morgan fingerprint density at radius 1 is 1.50 bits per heavy atom. The van der Waals surface area contributed by atoms with E-state index < -0.39 is 0 Å². The SMILES string of the molecule is N#C[S-].[Br-].[NH4+].[Na+]. The molecule has 4 N–H and O–H groups in total. The van der Waals surface area contributed by atoms with Gasteiger partial charge in [-0.15, -0.1) is 0 Å². The summed E-state index contributed by atoms with van der Waals surface area (Å²) in [6.45, 7) is 0. The van der Waals surface area contributed by atoms with Crippen LogP contribution in [0.1, 0.15) is 0 Å². The predicted molar refractivity (Wildman–Crippen MR) is 19.0 cm³/mol. The Bertz CT molecular complexity index is 35.0. The van der Waals surface area contributed by atoms with Gasteiger partial charge in [-0.05, 0) is 0 Å². The molecule has 0 amide bonds. The number of nitrogens with zero attached hydrogens (tertiary/aromatic N) is 1. The van der Waals surface area contributed by atoms with Crippen LogP contribution in [0.3, 0.4) is 0 Å². The molecule has 0 aliphatic carbocycles. The van der Waals surface area contributed by atoms with E-state index in [0.29, 0.717) is 0 Å². The monoisotopic (exact) mass is 178 g/mol. The molecule has 32 valence electrons. The second kappa shape index (κ2) is 35.3. The summed E-state index contributed by atoms with van der Waals surface area (Å²) < 4.78 is 0. The van der Waals surface area contributed by atoms with Gasteiger partial charge in [0, 0.05) is 0 Å². The molecule has 2 nitrogen and oxygen atoms in total. The van der Waals surface area contributed by atoms with Gasteiger partial charge in [0.25, 0.3) is 0 Å². The topological polar surface area (TPSA) is 60.3 Å². The number of rotatable bonds is 0. The Morgan fingerprint density at radius 3 is 1.50 bits per heavy atom. The Balaban J connectivity index is -0.00000000667. The van der Waals surface area contributed by atoms with E-state index in [1.165, 1.54) is 5.40 Å². The first kappa shape index (κ1) is 27.3. The van der Waals surface area contributed by atoms with Gasteiger partial charge in [0.05, 0.1) is 0 Å². The van der Waals surface area contributed by atoms with Crippen molar-refractivity contribution in [3.63, 3.8) is 0 Å². The zero-order valence-electron chi connectivity index (χ0n) is 3.73. The molecule has 0 saturated heterocycles. The first-order valence-electron chi connectivity index (χ1n) is 0.428. The van der Waals surface area contributed by atoms with Crippen molar-refractivity contribution in [2.24, 2.45) is 0 Å². The van der Waals surface area contributed by atoms with E-state index in [1.807, 2.05) is 0 Å². The largest absolute Gasteiger partial charge is 1.00 e. The number of nitriles is 1. The molecule has 0 radical (unpaired) electrons. The van der Waals surface area contributed by atoms with Crippen molar-refractivity contribution in [3.8, 4) is 5.40 Å². The van der Waals surface area contributed by atoms with Crippen molar-refractivity contribution in [2.45, 2.75) is 0 Å². The zero-order valence-corrected chi connectivity index (χ0v) is 8.14. The maximum absolute atomic E-state index is 7.13. The fraction of sp³-hybridized carbons (Fsp3) is 0. The van der Waals surface area contributed by atoms with Crippen molar-refractivity contribution in [3.05, 3.63) is 0 Å². The summed E-state index contributed by atoms with van der Waals surface area (Å²) in [4.78, 5) is 0. The third-order valence-electron chi connectivity index (χ3n) is 0. The average Bonchev–Trinajstić information content (AvgIpc) is 0.918. The Hall–Kier alpha value is 1.15. The van der Waals surface area contributed by atoms with Crippen LogP contribution in [0.15, 0.2) is 0 Å². The fourth-order valence-electron chi connectivity index (χ4n) is 0. The summed E-state index contributed by atoms with van der Waals surface area (Å²) >= 11 is 3.70. The first-order chi connectivity index (χ1) is 1.41. The minimum Gasteiger partial charge on any atom is -1.00 e. The number of halogens is 1. The summed E-state index contributed by atoms with van der Waals surface area (Å²) in [6.07, 6.45) is 0. The minimum atomic E-state index is 0. The third kappa shape index (κ3) is 67.1. The van der Waals surface area contributed by atoms with Gasteiger partial charge in [0.15, 0.2) is 0 Å². The molecular formula is CH4BrN2NaS. The van der Waals surface area contributed by atoms with Crippen molar-refractivity contribution >= 4 is 12.6 Å². The van der Waals surface area contributed by atoms with E-state index in [4.69, 9.17) is 5.26 Å². The molecule has 0 aliphatic rings. The fourth-order valence-corrected chi connectivity index (χ4v) is 0. The smallest absolute Gasteiger partial charge is 1.00 e. The maximum Gasteiger partial charge on any atom is 1.00 e. The van der Waals surface area contributed by atoms with Gasteiger partial charge in [-0.2, -0.15) is 0 Å². The number of hydrogen-bond acceptors (Lipinski definition) is 2. The van der Waals surface area contributed by atoms with E-state index in [0.717, 1.165) is 0 Å².